The number of nitrogens with zero attached hydrogens (tertiary/aromatic N) is 2. The number of hydrogen-bond acceptors (Lipinski definition) is 2. The van der Waals surface area contributed by atoms with Crippen LogP contribution in [0.1, 0.15) is 5.56 Å². The van der Waals surface area contributed by atoms with Crippen molar-refractivity contribution in [3.63, 3.8) is 0 Å². The van der Waals surface area contributed by atoms with Gasteiger partial charge in [0.1, 0.15) is 0 Å². The van der Waals surface area contributed by atoms with E-state index in [1.54, 1.807) is 0 Å². The Morgan fingerprint density at radius 2 is 1.30 bits per heavy atom. The monoisotopic (exact) mass is 400 g/mol. The van der Waals surface area contributed by atoms with E-state index in [0.717, 1.165) is 44.9 Å². The molecule has 0 aliphatic carbocycles. The number of alkyl halides is 3. The van der Waals surface area contributed by atoms with Gasteiger partial charge in [-0.05, 0) is 40.1 Å². The molecule has 0 atom stereocenters. The van der Waals surface area contributed by atoms with Crippen molar-refractivity contribution in [3.05, 3.63) is 96.7 Å². The van der Waals surface area contributed by atoms with Crippen LogP contribution in [-0.4, -0.2) is 9.97 Å². The Hall–Kier alpha value is -3.73. The molecule has 0 radical (unpaired) electrons. The summed E-state index contributed by atoms with van der Waals surface area (Å²) in [4.78, 5) is 9.28. The molecule has 0 N–H and O–H groups in total. The van der Waals surface area contributed by atoms with Gasteiger partial charge in [-0.15, -0.1) is 0 Å². The minimum absolute atomic E-state index is 0.608. The molecule has 1 heterocycles. The Kier molecular flexibility index (Phi) is 4.24. The topological polar surface area (TPSA) is 25.8 Å². The van der Waals surface area contributed by atoms with Crippen molar-refractivity contribution >= 4 is 21.7 Å². The van der Waals surface area contributed by atoms with Crippen molar-refractivity contribution in [2.75, 3.05) is 0 Å². The molecule has 0 saturated carbocycles. The number of hydrogen-bond donors (Lipinski definition) is 0. The summed E-state index contributed by atoms with van der Waals surface area (Å²) < 4.78 is 38.9. The molecule has 146 valence electrons. The van der Waals surface area contributed by atoms with Gasteiger partial charge in [-0.25, -0.2) is 9.97 Å². The lowest BCUT2D eigenvalue weighted by Gasteiger charge is -2.12. The van der Waals surface area contributed by atoms with Crippen molar-refractivity contribution in [2.24, 2.45) is 0 Å². The first-order valence-corrected chi connectivity index (χ1v) is 9.42. The molecule has 2 nitrogen and oxygen atoms in total. The molecule has 0 aliphatic heterocycles. The van der Waals surface area contributed by atoms with Crippen LogP contribution in [0.5, 0.6) is 0 Å². The number of aromatic nitrogens is 2. The Morgan fingerprint density at radius 1 is 0.633 bits per heavy atom. The van der Waals surface area contributed by atoms with Crippen LogP contribution < -0.4 is 0 Å². The average molecular weight is 400 g/mol. The molecule has 0 fully saturated rings. The largest absolute Gasteiger partial charge is 0.416 e. The second-order valence-electron chi connectivity index (χ2n) is 7.04. The predicted molar refractivity (Wildman–Crippen MR) is 113 cm³/mol. The van der Waals surface area contributed by atoms with E-state index in [0.29, 0.717) is 11.4 Å². The molecule has 0 aliphatic rings. The third kappa shape index (κ3) is 3.18. The van der Waals surface area contributed by atoms with Gasteiger partial charge in [0.25, 0.3) is 0 Å². The lowest BCUT2D eigenvalue weighted by molar-refractivity contribution is -0.137. The predicted octanol–water partition coefficient (Wildman–Crippen LogP) is 7.14. The smallest absolute Gasteiger partial charge is 0.236 e. The standard InChI is InChI=1S/C25H15F3N2/c26-25(27,28)18-12-10-16(11-13-18)21-14-23-22(20-9-5-4-8-19(20)21)15-29-24(30-23)17-6-2-1-3-7-17/h1-15H. The summed E-state index contributed by atoms with van der Waals surface area (Å²) in [6.07, 6.45) is -2.55. The van der Waals surface area contributed by atoms with E-state index in [4.69, 9.17) is 4.98 Å². The number of rotatable bonds is 2. The van der Waals surface area contributed by atoms with E-state index < -0.39 is 11.7 Å². The third-order valence-corrected chi connectivity index (χ3v) is 5.16. The highest BCUT2D eigenvalue weighted by molar-refractivity contribution is 6.12. The maximum Gasteiger partial charge on any atom is 0.416 e. The molecular formula is C25H15F3N2. The first-order valence-electron chi connectivity index (χ1n) is 9.42. The van der Waals surface area contributed by atoms with Gasteiger partial charge in [-0.2, -0.15) is 13.2 Å². The van der Waals surface area contributed by atoms with Gasteiger partial charge in [0.15, 0.2) is 5.82 Å². The second kappa shape index (κ2) is 6.95. The van der Waals surface area contributed by atoms with Gasteiger partial charge in [0.05, 0.1) is 11.1 Å². The van der Waals surface area contributed by atoms with E-state index in [1.807, 2.05) is 66.9 Å². The highest BCUT2D eigenvalue weighted by atomic mass is 19.4. The maximum absolute atomic E-state index is 13.0. The summed E-state index contributed by atoms with van der Waals surface area (Å²) in [5.41, 5.74) is 2.54. The third-order valence-electron chi connectivity index (χ3n) is 5.16. The summed E-state index contributed by atoms with van der Waals surface area (Å²) in [7, 11) is 0. The zero-order valence-corrected chi connectivity index (χ0v) is 15.7. The molecule has 5 aromatic rings. The van der Waals surface area contributed by atoms with Gasteiger partial charge in [-0.1, -0.05) is 66.7 Å². The van der Waals surface area contributed by atoms with Crippen LogP contribution in [0.25, 0.3) is 44.2 Å². The van der Waals surface area contributed by atoms with Crippen molar-refractivity contribution in [3.8, 4) is 22.5 Å². The van der Waals surface area contributed by atoms with Gasteiger partial charge in [0, 0.05) is 17.1 Å². The van der Waals surface area contributed by atoms with Gasteiger partial charge >= 0.3 is 6.18 Å². The van der Waals surface area contributed by atoms with Crippen LogP contribution >= 0.6 is 0 Å². The molecule has 0 bridgehead atoms. The van der Waals surface area contributed by atoms with Crippen molar-refractivity contribution in [2.45, 2.75) is 6.18 Å². The normalized spacial score (nSPS) is 11.8. The number of fused-ring (bicyclic) bond motifs is 3. The summed E-state index contributed by atoms with van der Waals surface area (Å²) in [6.45, 7) is 0. The minimum atomic E-state index is -4.36. The summed E-state index contributed by atoms with van der Waals surface area (Å²) in [6, 6.07) is 24.6. The lowest BCUT2D eigenvalue weighted by Crippen LogP contribution is -2.04. The summed E-state index contributed by atoms with van der Waals surface area (Å²) in [5, 5.41) is 2.81. The first kappa shape index (κ1) is 18.3. The average Bonchev–Trinajstić information content (AvgIpc) is 2.78. The zero-order chi connectivity index (χ0) is 20.7. The van der Waals surface area contributed by atoms with Crippen LogP contribution in [0.2, 0.25) is 0 Å². The van der Waals surface area contributed by atoms with E-state index in [2.05, 4.69) is 4.98 Å². The fourth-order valence-electron chi connectivity index (χ4n) is 3.68. The number of halogens is 3. The molecular weight excluding hydrogens is 385 g/mol. The Balaban J connectivity index is 1.74. The molecule has 5 heteroatoms. The molecule has 1 aromatic heterocycles. The minimum Gasteiger partial charge on any atom is -0.236 e. The molecule has 4 aromatic carbocycles. The van der Waals surface area contributed by atoms with Gasteiger partial charge in [-0.3, -0.25) is 0 Å². The fourth-order valence-corrected chi connectivity index (χ4v) is 3.68. The maximum atomic E-state index is 13.0. The Bertz CT molecular complexity index is 1360. The highest BCUT2D eigenvalue weighted by Crippen LogP contribution is 2.36. The summed E-state index contributed by atoms with van der Waals surface area (Å²) in [5.74, 6) is 0.608. The summed E-state index contributed by atoms with van der Waals surface area (Å²) >= 11 is 0. The van der Waals surface area contributed by atoms with Crippen LogP contribution in [-0.2, 0) is 6.18 Å². The van der Waals surface area contributed by atoms with Crippen molar-refractivity contribution in [1.82, 2.24) is 9.97 Å². The van der Waals surface area contributed by atoms with E-state index in [9.17, 15) is 13.2 Å². The number of benzene rings is 4. The van der Waals surface area contributed by atoms with Crippen molar-refractivity contribution in [1.29, 1.82) is 0 Å². The molecule has 0 unspecified atom stereocenters. The molecule has 0 saturated heterocycles. The van der Waals surface area contributed by atoms with Crippen LogP contribution in [0.3, 0.4) is 0 Å². The molecule has 5 rings (SSSR count). The van der Waals surface area contributed by atoms with Gasteiger partial charge < -0.3 is 0 Å². The molecule has 0 spiro atoms. The lowest BCUT2D eigenvalue weighted by atomic mass is 9.95. The zero-order valence-electron chi connectivity index (χ0n) is 15.7. The van der Waals surface area contributed by atoms with E-state index in [1.165, 1.54) is 12.1 Å². The highest BCUT2D eigenvalue weighted by Gasteiger charge is 2.30. The van der Waals surface area contributed by atoms with Crippen molar-refractivity contribution < 1.29 is 13.2 Å². The first-order chi connectivity index (χ1) is 14.5. The van der Waals surface area contributed by atoms with Crippen LogP contribution in [0.4, 0.5) is 13.2 Å². The molecule has 30 heavy (non-hydrogen) atoms. The SMILES string of the molecule is FC(F)(F)c1ccc(-c2cc3nc(-c4ccccc4)ncc3c3ccccc23)cc1. The van der Waals surface area contributed by atoms with Gasteiger partial charge in [0.2, 0.25) is 0 Å². The van der Waals surface area contributed by atoms with Crippen LogP contribution in [0.15, 0.2) is 91.1 Å². The Labute approximate surface area is 170 Å². The quantitative estimate of drug-likeness (QED) is 0.294. The van der Waals surface area contributed by atoms with E-state index >= 15 is 0 Å². The fraction of sp³-hybridized carbons (Fsp3) is 0.0400. The Morgan fingerprint density at radius 3 is 2.00 bits per heavy atom. The second-order valence-corrected chi connectivity index (χ2v) is 7.04. The van der Waals surface area contributed by atoms with E-state index in [-0.39, 0.29) is 0 Å². The molecule has 0 amide bonds. The van der Waals surface area contributed by atoms with Crippen LogP contribution in [0, 0.1) is 0 Å².